The topological polar surface area (TPSA) is 26.0 Å². The van der Waals surface area contributed by atoms with Crippen LogP contribution in [-0.4, -0.2) is 6.04 Å². The fourth-order valence-electron chi connectivity index (χ4n) is 2.46. The molecule has 3 atom stereocenters. The second-order valence-corrected chi connectivity index (χ2v) is 4.36. The van der Waals surface area contributed by atoms with E-state index in [0.717, 1.165) is 23.3 Å². The fraction of sp³-hybridized carbons (Fsp3) is 0.800. The molecule has 62 valence electrons. The molecule has 2 fully saturated rings. The van der Waals surface area contributed by atoms with Crippen molar-refractivity contribution in [1.82, 2.24) is 0 Å². The maximum absolute atomic E-state index is 6.00. The molecule has 0 saturated heterocycles. The van der Waals surface area contributed by atoms with E-state index in [2.05, 4.69) is 13.5 Å². The van der Waals surface area contributed by atoms with Crippen LogP contribution in [0.25, 0.3) is 0 Å². The van der Waals surface area contributed by atoms with Gasteiger partial charge in [0.1, 0.15) is 0 Å². The zero-order valence-electron chi connectivity index (χ0n) is 7.22. The van der Waals surface area contributed by atoms with Crippen LogP contribution in [0.15, 0.2) is 12.2 Å². The van der Waals surface area contributed by atoms with Gasteiger partial charge in [0, 0.05) is 6.04 Å². The monoisotopic (exact) mass is 151 g/mol. The number of hydrogen-bond donors (Lipinski definition) is 1. The number of nitrogens with two attached hydrogens (primary N) is 1. The highest BCUT2D eigenvalue weighted by Gasteiger charge is 2.47. The minimum Gasteiger partial charge on any atom is -0.324 e. The Morgan fingerprint density at radius 2 is 1.91 bits per heavy atom. The largest absolute Gasteiger partial charge is 0.324 e. The van der Waals surface area contributed by atoms with E-state index in [1.807, 2.05) is 0 Å². The van der Waals surface area contributed by atoms with Crippen LogP contribution in [0.2, 0.25) is 0 Å². The van der Waals surface area contributed by atoms with E-state index in [1.54, 1.807) is 0 Å². The first-order chi connectivity index (χ1) is 5.18. The quantitative estimate of drug-likeness (QED) is 0.600. The first kappa shape index (κ1) is 7.35. The van der Waals surface area contributed by atoms with Crippen LogP contribution in [0.3, 0.4) is 0 Å². The summed E-state index contributed by atoms with van der Waals surface area (Å²) < 4.78 is 0. The van der Waals surface area contributed by atoms with E-state index in [0.29, 0.717) is 0 Å². The molecule has 0 radical (unpaired) electrons. The molecule has 0 aliphatic heterocycles. The Labute approximate surface area is 68.7 Å². The third-order valence-electron chi connectivity index (χ3n) is 3.36. The van der Waals surface area contributed by atoms with Crippen molar-refractivity contribution >= 4 is 0 Å². The molecule has 0 amide bonds. The predicted molar refractivity (Wildman–Crippen MR) is 47.1 cm³/mol. The lowest BCUT2D eigenvalue weighted by Crippen LogP contribution is -2.29. The molecule has 2 N–H and O–H groups in total. The molecule has 11 heavy (non-hydrogen) atoms. The summed E-state index contributed by atoms with van der Waals surface area (Å²) in [4.78, 5) is 0. The molecular formula is C10H17N. The van der Waals surface area contributed by atoms with Crippen LogP contribution < -0.4 is 5.73 Å². The summed E-state index contributed by atoms with van der Waals surface area (Å²) in [6, 6.07) is 0.280. The Kier molecular flexibility index (Phi) is 1.57. The van der Waals surface area contributed by atoms with Crippen molar-refractivity contribution < 1.29 is 0 Å². The van der Waals surface area contributed by atoms with E-state index < -0.39 is 0 Å². The summed E-state index contributed by atoms with van der Waals surface area (Å²) in [5.74, 6) is 2.85. The summed E-state index contributed by atoms with van der Waals surface area (Å²) in [7, 11) is 0. The third-order valence-corrected chi connectivity index (χ3v) is 3.36. The van der Waals surface area contributed by atoms with Gasteiger partial charge >= 0.3 is 0 Å². The van der Waals surface area contributed by atoms with Crippen molar-refractivity contribution in [3.05, 3.63) is 12.2 Å². The Bertz CT molecular complexity index is 175. The smallest absolute Gasteiger partial charge is 0.0277 e. The summed E-state index contributed by atoms with van der Waals surface area (Å²) in [6.07, 6.45) is 4.23. The van der Waals surface area contributed by atoms with Gasteiger partial charge in [-0.2, -0.15) is 0 Å². The summed E-state index contributed by atoms with van der Waals surface area (Å²) >= 11 is 0. The van der Waals surface area contributed by atoms with Gasteiger partial charge in [-0.15, -0.1) is 0 Å². The molecule has 1 heteroatoms. The molecule has 3 unspecified atom stereocenters. The highest BCUT2D eigenvalue weighted by molar-refractivity contribution is 5.08. The molecule has 0 spiro atoms. The number of hydrogen-bond acceptors (Lipinski definition) is 1. The van der Waals surface area contributed by atoms with Crippen molar-refractivity contribution in [2.24, 2.45) is 23.5 Å². The molecule has 0 aromatic heterocycles. The Balaban J connectivity index is 1.91. The maximum Gasteiger partial charge on any atom is 0.0277 e. The van der Waals surface area contributed by atoms with Crippen molar-refractivity contribution in [2.45, 2.75) is 32.2 Å². The van der Waals surface area contributed by atoms with E-state index in [4.69, 9.17) is 5.73 Å². The van der Waals surface area contributed by atoms with Gasteiger partial charge in [-0.3, -0.25) is 0 Å². The van der Waals surface area contributed by atoms with Crippen LogP contribution >= 0.6 is 0 Å². The van der Waals surface area contributed by atoms with Crippen molar-refractivity contribution in [3.8, 4) is 0 Å². The van der Waals surface area contributed by atoms with Gasteiger partial charge in [0.2, 0.25) is 0 Å². The van der Waals surface area contributed by atoms with Crippen LogP contribution in [0.4, 0.5) is 0 Å². The number of fused-ring (bicyclic) bond motifs is 1. The second kappa shape index (κ2) is 2.34. The van der Waals surface area contributed by atoms with Gasteiger partial charge < -0.3 is 5.73 Å². The van der Waals surface area contributed by atoms with Crippen molar-refractivity contribution in [3.63, 3.8) is 0 Å². The lowest BCUT2D eigenvalue weighted by atomic mass is 9.91. The first-order valence-electron chi connectivity index (χ1n) is 4.59. The van der Waals surface area contributed by atoms with Gasteiger partial charge in [-0.25, -0.2) is 0 Å². The minimum atomic E-state index is 0.280. The Morgan fingerprint density at radius 1 is 1.36 bits per heavy atom. The van der Waals surface area contributed by atoms with E-state index in [1.165, 1.54) is 19.3 Å². The average Bonchev–Trinajstić information content (AvgIpc) is 2.57. The zero-order valence-corrected chi connectivity index (χ0v) is 7.22. The van der Waals surface area contributed by atoms with Gasteiger partial charge in [0.05, 0.1) is 0 Å². The maximum atomic E-state index is 6.00. The van der Waals surface area contributed by atoms with E-state index in [-0.39, 0.29) is 6.04 Å². The Morgan fingerprint density at radius 3 is 2.36 bits per heavy atom. The molecule has 2 aliphatic carbocycles. The summed E-state index contributed by atoms with van der Waals surface area (Å²) in [5, 5.41) is 0. The zero-order chi connectivity index (χ0) is 8.01. The molecule has 0 heterocycles. The number of rotatable bonds is 2. The lowest BCUT2D eigenvalue weighted by Gasteiger charge is -2.20. The van der Waals surface area contributed by atoms with E-state index in [9.17, 15) is 0 Å². The van der Waals surface area contributed by atoms with Crippen LogP contribution in [0.5, 0.6) is 0 Å². The van der Waals surface area contributed by atoms with Crippen molar-refractivity contribution in [1.29, 1.82) is 0 Å². The molecule has 0 bridgehead atoms. The molecule has 2 saturated carbocycles. The Hall–Kier alpha value is -0.300. The molecular weight excluding hydrogens is 134 g/mol. The van der Waals surface area contributed by atoms with Crippen molar-refractivity contribution in [2.75, 3.05) is 0 Å². The third kappa shape index (κ3) is 1.22. The van der Waals surface area contributed by atoms with Gasteiger partial charge in [0.15, 0.2) is 0 Å². The average molecular weight is 151 g/mol. The molecule has 1 nitrogen and oxygen atoms in total. The van der Waals surface area contributed by atoms with Crippen LogP contribution in [0.1, 0.15) is 26.2 Å². The molecule has 2 aliphatic rings. The highest BCUT2D eigenvalue weighted by Crippen LogP contribution is 2.55. The molecule has 0 aromatic carbocycles. The lowest BCUT2D eigenvalue weighted by molar-refractivity contribution is 0.430. The molecule has 0 aromatic rings. The van der Waals surface area contributed by atoms with E-state index >= 15 is 0 Å². The normalized spacial score (nSPS) is 43.3. The second-order valence-electron chi connectivity index (χ2n) is 4.36. The van der Waals surface area contributed by atoms with Gasteiger partial charge in [0.25, 0.3) is 0 Å². The summed E-state index contributed by atoms with van der Waals surface area (Å²) in [6.45, 7) is 5.96. The predicted octanol–water partition coefficient (Wildman–Crippen LogP) is 1.94. The SMILES string of the molecule is C=C(C)C(N)C1CC2CC2C1. The van der Waals surface area contributed by atoms with Crippen LogP contribution in [-0.2, 0) is 0 Å². The van der Waals surface area contributed by atoms with Gasteiger partial charge in [-0.05, 0) is 43.9 Å². The van der Waals surface area contributed by atoms with Crippen LogP contribution in [0, 0.1) is 17.8 Å². The minimum absolute atomic E-state index is 0.280. The highest BCUT2D eigenvalue weighted by atomic mass is 14.7. The fourth-order valence-corrected chi connectivity index (χ4v) is 2.46. The summed E-state index contributed by atoms with van der Waals surface area (Å²) in [5.41, 5.74) is 7.17. The first-order valence-corrected chi connectivity index (χ1v) is 4.59. The standard InChI is InChI=1S/C10H17N/c1-6(2)10(11)9-4-7-3-8(7)5-9/h7-10H,1,3-5,11H2,2H3. The van der Waals surface area contributed by atoms with Gasteiger partial charge in [-0.1, -0.05) is 12.2 Å². The molecule has 2 rings (SSSR count).